The highest BCUT2D eigenvalue weighted by atomic mass is 79.9. The second kappa shape index (κ2) is 8.38. The summed E-state index contributed by atoms with van der Waals surface area (Å²) in [5.74, 6) is 1.49. The molecule has 26 heavy (non-hydrogen) atoms. The van der Waals surface area contributed by atoms with Crippen LogP contribution in [0.3, 0.4) is 0 Å². The molecule has 0 atom stereocenters. The quantitative estimate of drug-likeness (QED) is 0.542. The van der Waals surface area contributed by atoms with Gasteiger partial charge >= 0.3 is 5.63 Å². The fraction of sp³-hybridized carbons (Fsp3) is 0.250. The monoisotopic (exact) mass is 417 g/mol. The highest BCUT2D eigenvalue weighted by Crippen LogP contribution is 2.23. The molecule has 0 spiro atoms. The second-order valence-corrected chi connectivity index (χ2v) is 6.91. The zero-order chi connectivity index (χ0) is 18.5. The first-order valence-corrected chi connectivity index (χ1v) is 9.02. The lowest BCUT2D eigenvalue weighted by atomic mass is 10.1. The van der Waals surface area contributed by atoms with Crippen molar-refractivity contribution < 1.29 is 13.9 Å². The third kappa shape index (κ3) is 4.65. The van der Waals surface area contributed by atoms with Gasteiger partial charge in [0.1, 0.15) is 23.7 Å². The molecule has 3 aromatic rings. The number of methoxy groups -OCH3 is 1. The van der Waals surface area contributed by atoms with Crippen LogP contribution in [0.2, 0.25) is 0 Å². The van der Waals surface area contributed by atoms with Crippen LogP contribution in [0.25, 0.3) is 11.0 Å². The number of nitrogens with zero attached hydrogens (tertiary/aromatic N) is 1. The van der Waals surface area contributed by atoms with Crippen LogP contribution in [0.1, 0.15) is 5.56 Å². The summed E-state index contributed by atoms with van der Waals surface area (Å²) >= 11 is 3.40. The van der Waals surface area contributed by atoms with Crippen molar-refractivity contribution in [3.63, 3.8) is 0 Å². The lowest BCUT2D eigenvalue weighted by molar-refractivity contribution is 0.233. The van der Waals surface area contributed by atoms with Crippen LogP contribution in [0.5, 0.6) is 11.5 Å². The molecule has 0 aliphatic carbocycles. The van der Waals surface area contributed by atoms with Crippen molar-refractivity contribution in [2.75, 3.05) is 27.3 Å². The van der Waals surface area contributed by atoms with Gasteiger partial charge in [-0.3, -0.25) is 4.90 Å². The van der Waals surface area contributed by atoms with Crippen molar-refractivity contribution >= 4 is 26.9 Å². The number of benzene rings is 2. The van der Waals surface area contributed by atoms with E-state index in [1.165, 1.54) is 0 Å². The minimum atomic E-state index is -0.361. The lowest BCUT2D eigenvalue weighted by Crippen LogP contribution is -2.24. The molecule has 2 aromatic carbocycles. The van der Waals surface area contributed by atoms with Crippen LogP contribution >= 0.6 is 15.9 Å². The van der Waals surface area contributed by atoms with Crippen molar-refractivity contribution in [1.82, 2.24) is 4.90 Å². The Labute approximate surface area is 160 Å². The summed E-state index contributed by atoms with van der Waals surface area (Å²) in [7, 11) is 3.58. The van der Waals surface area contributed by atoms with Gasteiger partial charge in [-0.05, 0) is 49.0 Å². The Hall–Kier alpha value is -2.31. The molecule has 1 heterocycles. The van der Waals surface area contributed by atoms with Gasteiger partial charge in [0.2, 0.25) is 0 Å². The molecule has 3 rings (SSSR count). The van der Waals surface area contributed by atoms with Gasteiger partial charge < -0.3 is 13.9 Å². The van der Waals surface area contributed by atoms with Crippen LogP contribution in [0.4, 0.5) is 0 Å². The van der Waals surface area contributed by atoms with Gasteiger partial charge in [-0.1, -0.05) is 15.9 Å². The van der Waals surface area contributed by atoms with E-state index >= 15 is 0 Å². The van der Waals surface area contributed by atoms with E-state index in [0.29, 0.717) is 24.5 Å². The standard InChI is InChI=1S/C20H20BrNO4/c1-22(9-10-25-16-5-3-15(21)4-6-16)13-14-11-20(23)26-19-12-17(24-2)7-8-18(14)19/h3-8,11-12H,9-10,13H2,1-2H3. The molecule has 0 amide bonds. The summed E-state index contributed by atoms with van der Waals surface area (Å²) in [5, 5.41) is 0.908. The summed E-state index contributed by atoms with van der Waals surface area (Å²) in [5.41, 5.74) is 1.09. The first-order chi connectivity index (χ1) is 12.5. The Kier molecular flexibility index (Phi) is 5.96. The molecule has 6 heteroatoms. The van der Waals surface area contributed by atoms with Gasteiger partial charge in [0.15, 0.2) is 0 Å². The summed E-state index contributed by atoms with van der Waals surface area (Å²) < 4.78 is 17.3. The maximum Gasteiger partial charge on any atom is 0.336 e. The Balaban J connectivity index is 1.66. The molecule has 0 saturated carbocycles. The Morgan fingerprint density at radius 2 is 1.81 bits per heavy atom. The maximum absolute atomic E-state index is 11.9. The molecule has 0 N–H and O–H groups in total. The molecule has 1 aromatic heterocycles. The van der Waals surface area contributed by atoms with E-state index in [-0.39, 0.29) is 5.63 Å². The van der Waals surface area contributed by atoms with Crippen LogP contribution in [0, 0.1) is 0 Å². The van der Waals surface area contributed by atoms with Crippen molar-refractivity contribution in [3.05, 3.63) is 69.0 Å². The zero-order valence-corrected chi connectivity index (χ0v) is 16.3. The fourth-order valence-corrected chi connectivity index (χ4v) is 2.95. The van der Waals surface area contributed by atoms with Crippen molar-refractivity contribution in [1.29, 1.82) is 0 Å². The predicted octanol–water partition coefficient (Wildman–Crippen LogP) is 4.07. The highest BCUT2D eigenvalue weighted by Gasteiger charge is 2.09. The molecule has 0 fully saturated rings. The normalized spacial score (nSPS) is 11.1. The van der Waals surface area contributed by atoms with Gasteiger partial charge in [-0.25, -0.2) is 4.79 Å². The Morgan fingerprint density at radius 3 is 2.54 bits per heavy atom. The van der Waals surface area contributed by atoms with E-state index < -0.39 is 0 Å². The Bertz CT molecular complexity index is 937. The fourth-order valence-electron chi connectivity index (χ4n) is 2.69. The molecule has 0 bridgehead atoms. The van der Waals surface area contributed by atoms with Crippen LogP contribution in [-0.2, 0) is 6.54 Å². The molecule has 0 radical (unpaired) electrons. The summed E-state index contributed by atoms with van der Waals surface area (Å²) in [6, 6.07) is 14.8. The first kappa shape index (κ1) is 18.5. The number of likely N-dealkylation sites (N-methyl/N-ethyl adjacent to an activating group) is 1. The third-order valence-electron chi connectivity index (χ3n) is 4.03. The van der Waals surface area contributed by atoms with Crippen LogP contribution in [-0.4, -0.2) is 32.2 Å². The highest BCUT2D eigenvalue weighted by molar-refractivity contribution is 9.10. The van der Waals surface area contributed by atoms with E-state index in [2.05, 4.69) is 20.8 Å². The van der Waals surface area contributed by atoms with Gasteiger partial charge in [0.25, 0.3) is 0 Å². The van der Waals surface area contributed by atoms with Gasteiger partial charge in [0.05, 0.1) is 7.11 Å². The zero-order valence-electron chi connectivity index (χ0n) is 14.7. The number of halogens is 1. The van der Waals surface area contributed by atoms with E-state index in [4.69, 9.17) is 13.9 Å². The molecule has 0 saturated heterocycles. The van der Waals surface area contributed by atoms with Crippen LogP contribution in [0.15, 0.2) is 62.2 Å². The van der Waals surface area contributed by atoms with E-state index in [1.54, 1.807) is 19.2 Å². The summed E-state index contributed by atoms with van der Waals surface area (Å²) in [4.78, 5) is 14.0. The summed E-state index contributed by atoms with van der Waals surface area (Å²) in [6.45, 7) is 1.91. The minimum absolute atomic E-state index is 0.361. The molecular formula is C20H20BrNO4. The largest absolute Gasteiger partial charge is 0.497 e. The van der Waals surface area contributed by atoms with Crippen molar-refractivity contribution in [3.8, 4) is 11.5 Å². The number of rotatable bonds is 7. The van der Waals surface area contributed by atoms with E-state index in [9.17, 15) is 4.79 Å². The smallest absolute Gasteiger partial charge is 0.336 e. The van der Waals surface area contributed by atoms with E-state index in [1.807, 2.05) is 43.4 Å². The number of fused-ring (bicyclic) bond motifs is 1. The molecule has 5 nitrogen and oxygen atoms in total. The predicted molar refractivity (Wildman–Crippen MR) is 105 cm³/mol. The molecule has 136 valence electrons. The maximum atomic E-state index is 11.9. The number of hydrogen-bond acceptors (Lipinski definition) is 5. The molecule has 0 aliphatic heterocycles. The second-order valence-electron chi connectivity index (χ2n) is 5.99. The van der Waals surface area contributed by atoms with Crippen molar-refractivity contribution in [2.24, 2.45) is 0 Å². The first-order valence-electron chi connectivity index (χ1n) is 8.23. The van der Waals surface area contributed by atoms with Crippen molar-refractivity contribution in [2.45, 2.75) is 6.54 Å². The molecule has 0 unspecified atom stereocenters. The lowest BCUT2D eigenvalue weighted by Gasteiger charge is -2.18. The topological polar surface area (TPSA) is 51.9 Å². The Morgan fingerprint density at radius 1 is 1.08 bits per heavy atom. The van der Waals surface area contributed by atoms with Crippen LogP contribution < -0.4 is 15.1 Å². The van der Waals surface area contributed by atoms with Gasteiger partial charge in [0, 0.05) is 35.1 Å². The molecular weight excluding hydrogens is 398 g/mol. The van der Waals surface area contributed by atoms with E-state index in [0.717, 1.165) is 27.7 Å². The summed E-state index contributed by atoms with van der Waals surface area (Å²) in [6.07, 6.45) is 0. The van der Waals surface area contributed by atoms with Gasteiger partial charge in [-0.2, -0.15) is 0 Å². The number of hydrogen-bond donors (Lipinski definition) is 0. The molecule has 0 aliphatic rings. The third-order valence-corrected chi connectivity index (χ3v) is 4.56. The number of ether oxygens (including phenoxy) is 2. The van der Waals surface area contributed by atoms with Gasteiger partial charge in [-0.15, -0.1) is 0 Å². The average Bonchev–Trinajstić information content (AvgIpc) is 2.62. The average molecular weight is 418 g/mol. The minimum Gasteiger partial charge on any atom is -0.497 e. The SMILES string of the molecule is COc1ccc2c(CN(C)CCOc3ccc(Br)cc3)cc(=O)oc2c1.